The van der Waals surface area contributed by atoms with E-state index in [0.29, 0.717) is 0 Å². The van der Waals surface area contributed by atoms with Gasteiger partial charge in [-0.3, -0.25) is 23.6 Å². The van der Waals surface area contributed by atoms with E-state index in [1.54, 1.807) is 0 Å². The summed E-state index contributed by atoms with van der Waals surface area (Å²) < 4.78 is 347. The number of sulfone groups is 2. The van der Waals surface area contributed by atoms with Gasteiger partial charge in [0.2, 0.25) is 19.7 Å². The molecule has 0 aromatic rings. The molecule has 0 aromatic heterocycles. The normalized spacial score (nSPS) is 16.8. The van der Waals surface area contributed by atoms with E-state index in [4.69, 9.17) is 4.55 Å². The van der Waals surface area contributed by atoms with Crippen molar-refractivity contribution >= 4 is 41.7 Å². The number of carbonyl (C=O) groups is 2. The molecule has 0 saturated carbocycles. The van der Waals surface area contributed by atoms with Gasteiger partial charge in [0, 0.05) is 0 Å². The fourth-order valence-electron chi connectivity index (χ4n) is 2.56. The van der Waals surface area contributed by atoms with Crippen molar-refractivity contribution in [3.63, 3.8) is 0 Å². The zero-order valence-corrected chi connectivity index (χ0v) is 26.8. The van der Waals surface area contributed by atoms with E-state index in [1.165, 1.54) is 0 Å². The lowest BCUT2D eigenvalue weighted by molar-refractivity contribution is -0.446. The summed E-state index contributed by atoms with van der Waals surface area (Å²) in [6.07, 6.45) is -42.3. The third-order valence-corrected chi connectivity index (χ3v) is 10.0. The third kappa shape index (κ3) is 11.2. The Morgan fingerprint density at radius 1 is 0.537 bits per heavy atom. The Hall–Kier alpha value is -2.73. The van der Waals surface area contributed by atoms with Crippen LogP contribution in [0.4, 0.5) is 87.8 Å². The molecule has 36 heteroatoms. The summed E-state index contributed by atoms with van der Waals surface area (Å²) in [7, 11) is -19.6. The molecule has 3 atom stereocenters. The number of hydrogen-bond acceptors (Lipinski definition) is 12. The van der Waals surface area contributed by atoms with Crippen LogP contribution in [0.1, 0.15) is 6.42 Å². The molecule has 0 fully saturated rings. The first-order valence-corrected chi connectivity index (χ1v) is 17.0. The minimum atomic E-state index is -7.41. The van der Waals surface area contributed by atoms with E-state index >= 15 is 0 Å². The van der Waals surface area contributed by atoms with Crippen molar-refractivity contribution in [2.75, 3.05) is 24.7 Å². The second kappa shape index (κ2) is 16.0. The van der Waals surface area contributed by atoms with Crippen molar-refractivity contribution in [3.8, 4) is 0 Å². The number of alkyl halides is 20. The molecular weight excluding hydrogens is 900 g/mol. The lowest BCUT2D eigenvalue weighted by Gasteiger charge is -2.30. The Morgan fingerprint density at radius 2 is 0.833 bits per heavy atom. The molecular formula is C18H14F20O13S3. The Kier molecular flexibility index (Phi) is 15.2. The van der Waals surface area contributed by atoms with Crippen molar-refractivity contribution in [3.05, 3.63) is 0 Å². The monoisotopic (exact) mass is 914 g/mol. The van der Waals surface area contributed by atoms with Crippen LogP contribution in [-0.2, 0) is 58.3 Å². The lowest BCUT2D eigenvalue weighted by atomic mass is 10.3. The maximum atomic E-state index is 13.8. The van der Waals surface area contributed by atoms with Crippen molar-refractivity contribution in [1.82, 2.24) is 0 Å². The summed E-state index contributed by atoms with van der Waals surface area (Å²) in [5.74, 6) is -24.9. The largest absolute Gasteiger partial charge is 0.465 e. The Morgan fingerprint density at radius 3 is 1.11 bits per heavy atom. The molecule has 0 heterocycles. The lowest BCUT2D eigenvalue weighted by Crippen LogP contribution is -2.56. The van der Waals surface area contributed by atoms with E-state index in [0.717, 1.165) is 0 Å². The fraction of sp³-hybridized carbons (Fsp3) is 0.889. The molecule has 13 nitrogen and oxygen atoms in total. The number of esters is 2. The summed E-state index contributed by atoms with van der Waals surface area (Å²) in [4.78, 5) is 23.6. The molecule has 0 aliphatic heterocycles. The van der Waals surface area contributed by atoms with Crippen LogP contribution in [0.5, 0.6) is 0 Å². The molecule has 0 bridgehead atoms. The maximum Gasteiger partial charge on any atom is 0.462 e. The van der Waals surface area contributed by atoms with E-state index in [2.05, 4.69) is 9.47 Å². The topological polar surface area (TPSA) is 194 Å². The van der Waals surface area contributed by atoms with Gasteiger partial charge in [0.1, 0.15) is 13.2 Å². The van der Waals surface area contributed by atoms with E-state index in [9.17, 15) is 123 Å². The first-order valence-electron chi connectivity index (χ1n) is 12.1. The first kappa shape index (κ1) is 51.3. The molecule has 54 heavy (non-hydrogen) atoms. The molecule has 1 N–H and O–H groups in total. The van der Waals surface area contributed by atoms with Crippen molar-refractivity contribution in [1.29, 1.82) is 0 Å². The number of rotatable bonds is 20. The Balaban J connectivity index is 5.62. The molecule has 0 aliphatic rings. The predicted molar refractivity (Wildman–Crippen MR) is 123 cm³/mol. The van der Waals surface area contributed by atoms with Gasteiger partial charge in [-0.15, -0.1) is 0 Å². The minimum absolute atomic E-state index is 1.99. The van der Waals surface area contributed by atoms with Crippen LogP contribution in [0, 0.1) is 0 Å². The highest BCUT2D eigenvalue weighted by Crippen LogP contribution is 2.50. The maximum absolute atomic E-state index is 13.8. The van der Waals surface area contributed by atoms with Crippen LogP contribution < -0.4 is 0 Å². The second-order valence-electron chi connectivity index (χ2n) is 9.40. The Labute approximate surface area is 284 Å². The minimum Gasteiger partial charge on any atom is -0.465 e. The number of ether oxygens (including phenoxy) is 4. The second-order valence-corrected chi connectivity index (χ2v) is 15.4. The Bertz CT molecular complexity index is 1680. The van der Waals surface area contributed by atoms with Gasteiger partial charge in [-0.05, 0) is 0 Å². The number of carbonyl (C=O) groups excluding carboxylic acids is 2. The smallest absolute Gasteiger partial charge is 0.462 e. The van der Waals surface area contributed by atoms with Gasteiger partial charge < -0.3 is 9.47 Å². The van der Waals surface area contributed by atoms with Crippen LogP contribution in [0.2, 0.25) is 0 Å². The van der Waals surface area contributed by atoms with E-state index in [1.807, 2.05) is 9.47 Å². The molecule has 0 radical (unpaired) electrons. The van der Waals surface area contributed by atoms with Gasteiger partial charge in [-0.25, -0.2) is 25.6 Å². The standard InChI is InChI=1S/C18H14F20O13S3/c19-9(50-17(35,36)13(25,26)15(29,30)31)11(21,22)52(41,42)3-1-48-7(39)5-6(54(45,46)47)8(40)49-2-4-53(43,44)12(23,24)10(20)51-18(37,38)14(27,28)16(32,33)34/h6,9-10H,1-5H2,(H,45,46,47). The predicted octanol–water partition coefficient (Wildman–Crippen LogP) is 3.94. The van der Waals surface area contributed by atoms with Crippen LogP contribution in [-0.4, -0.2) is 131 Å². The molecule has 0 spiro atoms. The fourth-order valence-corrected chi connectivity index (χ4v) is 5.03. The zero-order chi connectivity index (χ0) is 43.8. The van der Waals surface area contributed by atoms with Crippen LogP contribution in [0.3, 0.4) is 0 Å². The summed E-state index contributed by atoms with van der Waals surface area (Å²) in [5, 5.41) is -16.4. The molecule has 3 unspecified atom stereocenters. The third-order valence-electron chi connectivity index (χ3n) is 5.49. The average molecular weight is 914 g/mol. The van der Waals surface area contributed by atoms with Crippen LogP contribution >= 0.6 is 0 Å². The van der Waals surface area contributed by atoms with Gasteiger partial charge in [-0.2, -0.15) is 87.4 Å². The van der Waals surface area contributed by atoms with Gasteiger partial charge >= 0.3 is 58.9 Å². The summed E-state index contributed by atoms with van der Waals surface area (Å²) in [6.45, 7) is -4.33. The van der Waals surface area contributed by atoms with Crippen molar-refractivity contribution < 1.29 is 146 Å². The van der Waals surface area contributed by atoms with E-state index < -0.39 is 138 Å². The highest BCUT2D eigenvalue weighted by molar-refractivity contribution is 7.92. The highest BCUT2D eigenvalue weighted by atomic mass is 32.2. The molecule has 322 valence electrons. The number of halogens is 20. The average Bonchev–Trinajstić information content (AvgIpc) is 2.92. The van der Waals surface area contributed by atoms with Gasteiger partial charge in [0.25, 0.3) is 22.8 Å². The van der Waals surface area contributed by atoms with Gasteiger partial charge in [0.05, 0.1) is 17.9 Å². The quantitative estimate of drug-likeness (QED) is 0.105. The van der Waals surface area contributed by atoms with Gasteiger partial charge in [-0.1, -0.05) is 0 Å². The molecule has 0 aromatic carbocycles. The number of hydrogen-bond donors (Lipinski definition) is 1. The van der Waals surface area contributed by atoms with Crippen molar-refractivity contribution in [2.45, 2.75) is 71.3 Å². The van der Waals surface area contributed by atoms with Gasteiger partial charge in [0.15, 0.2) is 5.25 Å². The summed E-state index contributed by atoms with van der Waals surface area (Å²) >= 11 is 0. The SMILES string of the molecule is O=C(CC(C(=O)OCCS(=O)(=O)C(F)(F)C(F)OC(F)(F)C(F)(F)C(F)(F)F)S(=O)(=O)O)OCCS(=O)(=O)C(F)(F)C(F)OC(F)(F)C(F)(F)C(F)(F)F. The van der Waals surface area contributed by atoms with E-state index in [-0.39, 0.29) is 0 Å². The summed E-state index contributed by atoms with van der Waals surface area (Å²) in [5.41, 5.74) is 0. The van der Waals surface area contributed by atoms with Crippen LogP contribution in [0.15, 0.2) is 0 Å². The molecule has 0 saturated heterocycles. The molecule has 0 aliphatic carbocycles. The highest BCUT2D eigenvalue weighted by Gasteiger charge is 2.77. The first-order chi connectivity index (χ1) is 23.4. The zero-order valence-electron chi connectivity index (χ0n) is 24.4. The van der Waals surface area contributed by atoms with Crippen molar-refractivity contribution in [2.24, 2.45) is 0 Å². The molecule has 0 amide bonds. The molecule has 0 rings (SSSR count). The summed E-state index contributed by atoms with van der Waals surface area (Å²) in [6, 6.07) is 0. The van der Waals surface area contributed by atoms with Crippen LogP contribution in [0.25, 0.3) is 0 Å².